The quantitative estimate of drug-likeness (QED) is 0.775. The van der Waals surface area contributed by atoms with E-state index in [4.69, 9.17) is 10.8 Å². The number of nitrogens with zero attached hydrogens (tertiary/aromatic N) is 1. The largest absolute Gasteiger partial charge is 0.299 e. The van der Waals surface area contributed by atoms with Gasteiger partial charge in [-0.1, -0.05) is 13.3 Å². The zero-order chi connectivity index (χ0) is 12.6. The second-order valence-electron chi connectivity index (χ2n) is 4.06. The van der Waals surface area contributed by atoms with Crippen LogP contribution in [0.1, 0.15) is 19.8 Å². The molecule has 5 heteroatoms. The molecule has 0 aromatic rings. The summed E-state index contributed by atoms with van der Waals surface area (Å²) in [6.07, 6.45) is 1.67. The summed E-state index contributed by atoms with van der Waals surface area (Å²) in [6, 6.07) is 2.62. The van der Waals surface area contributed by atoms with Gasteiger partial charge >= 0.3 is 0 Å². The second-order valence-corrected chi connectivity index (χ2v) is 4.06. The van der Waals surface area contributed by atoms with Crippen LogP contribution in [0.15, 0.2) is 21.7 Å². The molecule has 0 atom stereocenters. The maximum absolute atomic E-state index is 11.9. The highest BCUT2D eigenvalue weighted by atomic mass is 16.2. The van der Waals surface area contributed by atoms with Crippen molar-refractivity contribution in [3.05, 3.63) is 43.6 Å². The molecule has 0 spiro atoms. The summed E-state index contributed by atoms with van der Waals surface area (Å²) in [7, 11) is 0. The lowest BCUT2D eigenvalue weighted by Gasteiger charge is -1.95. The molecule has 1 aliphatic heterocycles. The minimum atomic E-state index is -0.341. The van der Waals surface area contributed by atoms with Crippen molar-refractivity contribution < 1.29 is 0 Å². The van der Waals surface area contributed by atoms with Gasteiger partial charge in [0.2, 0.25) is 0 Å². The highest BCUT2D eigenvalue weighted by Gasteiger charge is 2.18. The van der Waals surface area contributed by atoms with Crippen LogP contribution in [-0.2, 0) is 6.54 Å². The molecule has 2 aliphatic rings. The number of unbranched alkanes of at least 4 members (excludes halogenated alkanes) is 1. The number of benzene rings is 1. The summed E-state index contributed by atoms with van der Waals surface area (Å²) in [4.78, 5) is 23.9. The van der Waals surface area contributed by atoms with Crippen molar-refractivity contribution in [2.45, 2.75) is 26.3 Å². The van der Waals surface area contributed by atoms with Crippen LogP contribution in [0.2, 0.25) is 0 Å². The normalized spacial score (nSPS) is 11.1. The Bertz CT molecular complexity index is 662. The van der Waals surface area contributed by atoms with Crippen LogP contribution in [0.3, 0.4) is 0 Å². The molecule has 0 radical (unpaired) electrons. The Morgan fingerprint density at radius 1 is 1.06 bits per heavy atom. The summed E-state index contributed by atoms with van der Waals surface area (Å²) >= 11 is 0. The third-order valence-corrected chi connectivity index (χ3v) is 2.84. The van der Waals surface area contributed by atoms with Gasteiger partial charge in [-0.15, -0.1) is 0 Å². The first-order chi connectivity index (χ1) is 8.06. The van der Waals surface area contributed by atoms with Crippen molar-refractivity contribution in [3.63, 3.8) is 0 Å². The number of fused-ring (bicyclic) bond motifs is 1. The van der Waals surface area contributed by atoms with Crippen molar-refractivity contribution in [1.29, 1.82) is 10.8 Å². The molecule has 0 amide bonds. The van der Waals surface area contributed by atoms with Crippen LogP contribution >= 0.6 is 0 Å². The minimum Gasteiger partial charge on any atom is -0.299 e. The number of hydrogen-bond acceptors (Lipinski definition) is 4. The predicted molar refractivity (Wildman–Crippen MR) is 62.6 cm³/mol. The first-order valence-electron chi connectivity index (χ1n) is 5.53. The molecule has 0 saturated heterocycles. The van der Waals surface area contributed by atoms with Gasteiger partial charge in [0.1, 0.15) is 0 Å². The van der Waals surface area contributed by atoms with Crippen molar-refractivity contribution in [2.75, 3.05) is 0 Å². The first kappa shape index (κ1) is 11.4. The van der Waals surface area contributed by atoms with Gasteiger partial charge in [0.15, 0.2) is 0 Å². The third-order valence-electron chi connectivity index (χ3n) is 2.84. The van der Waals surface area contributed by atoms with Crippen molar-refractivity contribution in [2.24, 2.45) is 0 Å². The number of nitrogens with one attached hydrogen (secondary N) is 2. The van der Waals surface area contributed by atoms with Gasteiger partial charge in [-0.25, -0.2) is 0 Å². The van der Waals surface area contributed by atoms with Crippen molar-refractivity contribution in [1.82, 2.24) is 4.57 Å². The first-order valence-corrected chi connectivity index (χ1v) is 5.53. The molecule has 1 aliphatic carbocycles. The Morgan fingerprint density at radius 3 is 1.94 bits per heavy atom. The summed E-state index contributed by atoms with van der Waals surface area (Å²) in [5, 5.41) is 14.9. The lowest BCUT2D eigenvalue weighted by molar-refractivity contribution is 0.608. The molecular formula is C12H13N3O2. The smallest absolute Gasteiger partial charge is 0.261 e. The average molecular weight is 231 g/mol. The molecular weight excluding hydrogens is 218 g/mol. The summed E-state index contributed by atoms with van der Waals surface area (Å²) in [6.45, 7) is 2.39. The molecule has 0 fully saturated rings. The Morgan fingerprint density at radius 2 is 1.53 bits per heavy atom. The molecule has 88 valence electrons. The molecule has 0 bridgehead atoms. The fraction of sp³-hybridized carbons (Fsp3) is 0.333. The highest BCUT2D eigenvalue weighted by Crippen LogP contribution is 2.08. The zero-order valence-corrected chi connectivity index (χ0v) is 9.54. The summed E-state index contributed by atoms with van der Waals surface area (Å²) < 4.78 is 1.20. The van der Waals surface area contributed by atoms with Gasteiger partial charge < -0.3 is 0 Å². The third kappa shape index (κ3) is 1.73. The Hall–Kier alpha value is -2.04. The van der Waals surface area contributed by atoms with E-state index >= 15 is 0 Å². The fourth-order valence-electron chi connectivity index (χ4n) is 1.86. The number of aromatic nitrogens is 1. The van der Waals surface area contributed by atoms with E-state index < -0.39 is 0 Å². The van der Waals surface area contributed by atoms with E-state index in [1.807, 2.05) is 6.92 Å². The lowest BCUT2D eigenvalue weighted by atomic mass is 10.1. The van der Waals surface area contributed by atoms with E-state index in [0.29, 0.717) is 6.54 Å². The summed E-state index contributed by atoms with van der Waals surface area (Å²) in [5.74, 6) is 0. The van der Waals surface area contributed by atoms with Crippen LogP contribution in [0.4, 0.5) is 0 Å². The lowest BCUT2D eigenvalue weighted by Crippen LogP contribution is -2.24. The average Bonchev–Trinajstić information content (AvgIpc) is 2.51. The van der Waals surface area contributed by atoms with E-state index in [9.17, 15) is 9.59 Å². The standard InChI is InChI=1S/C12H13N3O2/c1-2-3-4-15-11(16)7-5-9(13)10(14)6-8(7)12(15)17/h5-6,13-14H,2-4H2,1H3. The van der Waals surface area contributed by atoms with Gasteiger partial charge in [-0.2, -0.15) is 0 Å². The van der Waals surface area contributed by atoms with Crippen LogP contribution in [0.5, 0.6) is 0 Å². The number of rotatable bonds is 3. The maximum atomic E-state index is 11.9. The van der Waals surface area contributed by atoms with Crippen LogP contribution in [0.25, 0.3) is 11.1 Å². The molecule has 5 nitrogen and oxygen atoms in total. The predicted octanol–water partition coefficient (Wildman–Crippen LogP) is -0.0521. The van der Waals surface area contributed by atoms with E-state index in [2.05, 4.69) is 0 Å². The molecule has 2 N–H and O–H groups in total. The molecule has 0 unspecified atom stereocenters. The van der Waals surface area contributed by atoms with Crippen LogP contribution in [0, 0.1) is 10.8 Å². The Labute approximate surface area is 97.0 Å². The van der Waals surface area contributed by atoms with E-state index in [1.54, 1.807) is 0 Å². The molecule has 0 aromatic heterocycles. The topological polar surface area (TPSA) is 86.8 Å². The fourth-order valence-corrected chi connectivity index (χ4v) is 1.86. The van der Waals surface area contributed by atoms with E-state index in [0.717, 1.165) is 12.8 Å². The monoisotopic (exact) mass is 231 g/mol. The maximum Gasteiger partial charge on any atom is 0.261 e. The molecule has 17 heavy (non-hydrogen) atoms. The van der Waals surface area contributed by atoms with Gasteiger partial charge in [0.05, 0.1) is 21.8 Å². The Kier molecular flexibility index (Phi) is 2.75. The number of hydrogen-bond donors (Lipinski definition) is 2. The molecule has 1 heterocycles. The van der Waals surface area contributed by atoms with Gasteiger partial charge in [-0.05, 0) is 18.6 Å². The zero-order valence-electron chi connectivity index (χ0n) is 9.54. The van der Waals surface area contributed by atoms with Crippen molar-refractivity contribution in [3.8, 4) is 11.1 Å². The van der Waals surface area contributed by atoms with E-state index in [-0.39, 0.29) is 33.0 Å². The minimum absolute atomic E-state index is 0.0257. The Balaban J connectivity index is 2.77. The molecule has 0 aromatic carbocycles. The molecule has 2 rings (SSSR count). The van der Waals surface area contributed by atoms with Crippen LogP contribution < -0.4 is 21.8 Å². The second kappa shape index (κ2) is 4.08. The van der Waals surface area contributed by atoms with Gasteiger partial charge in [-0.3, -0.25) is 25.0 Å². The highest BCUT2D eigenvalue weighted by molar-refractivity contribution is 5.63. The molecule has 0 saturated carbocycles. The SMILES string of the molecule is CCCCn1c(=O)c2cc(=N)c(=N)cc-2c1=O. The van der Waals surface area contributed by atoms with E-state index in [1.165, 1.54) is 16.7 Å². The van der Waals surface area contributed by atoms with Crippen molar-refractivity contribution >= 4 is 0 Å². The van der Waals surface area contributed by atoms with Crippen LogP contribution in [-0.4, -0.2) is 4.57 Å². The van der Waals surface area contributed by atoms with Gasteiger partial charge in [0, 0.05) is 6.54 Å². The summed E-state index contributed by atoms with van der Waals surface area (Å²) in [5.41, 5.74) is -0.168. The van der Waals surface area contributed by atoms with Gasteiger partial charge in [0.25, 0.3) is 11.1 Å².